The average molecular weight is 452 g/mol. The van der Waals surface area contributed by atoms with Crippen molar-refractivity contribution in [1.82, 2.24) is 0 Å². The van der Waals surface area contributed by atoms with Crippen LogP contribution in [-0.2, 0) is 11.2 Å². The maximum absolute atomic E-state index is 10.6. The molecule has 2 aliphatic rings. The van der Waals surface area contributed by atoms with Crippen LogP contribution in [0, 0.1) is 0 Å². The third-order valence-electron chi connectivity index (χ3n) is 5.59. The van der Waals surface area contributed by atoms with Crippen molar-refractivity contribution in [3.63, 3.8) is 0 Å². The van der Waals surface area contributed by atoms with E-state index in [-0.39, 0.29) is 35.2 Å². The zero-order valence-electron chi connectivity index (χ0n) is 16.6. The van der Waals surface area contributed by atoms with Crippen LogP contribution < -0.4 is 9.47 Å². The van der Waals surface area contributed by atoms with Crippen molar-refractivity contribution in [3.8, 4) is 28.7 Å². The van der Waals surface area contributed by atoms with Gasteiger partial charge in [-0.1, -0.05) is 6.07 Å². The largest absolute Gasteiger partial charge is 0.508 e. The minimum absolute atomic E-state index is 0.0376. The maximum atomic E-state index is 10.6. The third kappa shape index (κ3) is 4.01. The first-order valence-electron chi connectivity index (χ1n) is 9.89. The van der Waals surface area contributed by atoms with Gasteiger partial charge in [0, 0.05) is 24.1 Å². The summed E-state index contributed by atoms with van der Waals surface area (Å²) < 4.78 is 16.6. The van der Waals surface area contributed by atoms with E-state index in [1.54, 1.807) is 0 Å². The van der Waals surface area contributed by atoms with Gasteiger partial charge in [0.2, 0.25) is 6.29 Å². The molecule has 0 bridgehead atoms. The van der Waals surface area contributed by atoms with Gasteiger partial charge in [0.05, 0.1) is 12.7 Å². The summed E-state index contributed by atoms with van der Waals surface area (Å²) in [5, 5.41) is 79.7. The fourth-order valence-corrected chi connectivity index (χ4v) is 3.84. The number of aliphatic hydroxyl groups excluding tert-OH is 5. The molecule has 1 saturated heterocycles. The van der Waals surface area contributed by atoms with E-state index in [1.807, 2.05) is 0 Å². The Balaban J connectivity index is 1.59. The molecule has 0 unspecified atom stereocenters. The summed E-state index contributed by atoms with van der Waals surface area (Å²) in [4.78, 5) is 0. The number of fused-ring (bicyclic) bond motifs is 1. The molecule has 0 spiro atoms. The highest BCUT2D eigenvalue weighted by Gasteiger charge is 2.45. The highest BCUT2D eigenvalue weighted by Crippen LogP contribution is 2.43. The summed E-state index contributed by atoms with van der Waals surface area (Å²) in [5.41, 5.74) is 0.700. The zero-order chi connectivity index (χ0) is 23.2. The van der Waals surface area contributed by atoms with Gasteiger partial charge in [0.1, 0.15) is 47.8 Å². The fourth-order valence-electron chi connectivity index (χ4n) is 3.84. The molecule has 11 heteroatoms. The summed E-state index contributed by atoms with van der Waals surface area (Å²) in [6.45, 7) is -0.641. The Bertz CT molecular complexity index is 978. The van der Waals surface area contributed by atoms with Gasteiger partial charge in [-0.3, -0.25) is 0 Å². The number of rotatable bonds is 4. The summed E-state index contributed by atoms with van der Waals surface area (Å²) in [6.07, 6.45) is -9.59. The highest BCUT2D eigenvalue weighted by atomic mass is 16.7. The second-order valence-electron chi connectivity index (χ2n) is 7.79. The quantitative estimate of drug-likeness (QED) is 0.285. The number of phenolic OH excluding ortho intramolecular Hbond substituents is 3. The summed E-state index contributed by atoms with van der Waals surface area (Å²) in [6, 6.07) is 6.51. The molecule has 2 aliphatic heterocycles. The van der Waals surface area contributed by atoms with E-state index in [1.165, 1.54) is 24.3 Å². The van der Waals surface area contributed by atoms with Crippen molar-refractivity contribution in [2.45, 2.75) is 49.3 Å². The first kappa shape index (κ1) is 22.4. The van der Waals surface area contributed by atoms with Crippen molar-refractivity contribution in [2.75, 3.05) is 6.61 Å². The number of benzene rings is 2. The van der Waals surface area contributed by atoms with Crippen molar-refractivity contribution in [1.29, 1.82) is 0 Å². The molecular weight excluding hydrogens is 428 g/mol. The molecule has 0 saturated carbocycles. The van der Waals surface area contributed by atoms with Crippen LogP contribution in [0.15, 0.2) is 30.3 Å². The number of aliphatic hydroxyl groups is 5. The predicted molar refractivity (Wildman–Crippen MR) is 105 cm³/mol. The van der Waals surface area contributed by atoms with E-state index >= 15 is 0 Å². The second kappa shape index (κ2) is 8.62. The van der Waals surface area contributed by atoms with Crippen LogP contribution in [0.5, 0.6) is 28.7 Å². The van der Waals surface area contributed by atoms with Crippen LogP contribution in [0.2, 0.25) is 0 Å². The van der Waals surface area contributed by atoms with E-state index in [9.17, 15) is 40.9 Å². The smallest absolute Gasteiger partial charge is 0.229 e. The number of aromatic hydroxyl groups is 3. The van der Waals surface area contributed by atoms with Crippen LogP contribution in [0.25, 0.3) is 0 Å². The topological polar surface area (TPSA) is 190 Å². The number of hydrogen-bond donors (Lipinski definition) is 8. The summed E-state index contributed by atoms with van der Waals surface area (Å²) >= 11 is 0. The highest BCUT2D eigenvalue weighted by molar-refractivity contribution is 5.52. The van der Waals surface area contributed by atoms with E-state index < -0.39 is 49.5 Å². The average Bonchev–Trinajstić information content (AvgIpc) is 2.75. The third-order valence-corrected chi connectivity index (χ3v) is 5.59. The van der Waals surface area contributed by atoms with E-state index in [0.29, 0.717) is 11.1 Å². The molecule has 0 amide bonds. The van der Waals surface area contributed by atoms with Crippen molar-refractivity contribution in [3.05, 3.63) is 41.5 Å². The molecule has 32 heavy (non-hydrogen) atoms. The first-order valence-corrected chi connectivity index (χ1v) is 9.89. The number of hydrogen-bond acceptors (Lipinski definition) is 11. The van der Waals surface area contributed by atoms with Crippen LogP contribution in [0.3, 0.4) is 0 Å². The minimum atomic E-state index is -1.68. The van der Waals surface area contributed by atoms with Crippen LogP contribution in [0.4, 0.5) is 0 Å². The zero-order valence-corrected chi connectivity index (χ0v) is 16.6. The number of ether oxygens (including phenoxy) is 3. The van der Waals surface area contributed by atoms with Gasteiger partial charge >= 0.3 is 0 Å². The molecule has 7 atom stereocenters. The number of phenols is 3. The maximum Gasteiger partial charge on any atom is 0.229 e. The summed E-state index contributed by atoms with van der Waals surface area (Å²) in [7, 11) is 0. The Labute approximate surface area is 181 Å². The Morgan fingerprint density at radius 2 is 1.66 bits per heavy atom. The van der Waals surface area contributed by atoms with Gasteiger partial charge in [-0.2, -0.15) is 0 Å². The molecular formula is C21H24O11. The second-order valence-corrected chi connectivity index (χ2v) is 7.79. The molecule has 11 nitrogen and oxygen atoms in total. The molecule has 2 heterocycles. The first-order chi connectivity index (χ1) is 15.2. The Morgan fingerprint density at radius 1 is 0.906 bits per heavy atom. The molecule has 8 N–H and O–H groups in total. The Morgan fingerprint density at radius 3 is 2.38 bits per heavy atom. The van der Waals surface area contributed by atoms with Crippen LogP contribution in [-0.4, -0.2) is 84.3 Å². The molecule has 0 aromatic heterocycles. The van der Waals surface area contributed by atoms with Gasteiger partial charge < -0.3 is 55.1 Å². The van der Waals surface area contributed by atoms with Crippen molar-refractivity contribution >= 4 is 0 Å². The van der Waals surface area contributed by atoms with Gasteiger partial charge in [-0.25, -0.2) is 0 Å². The SMILES string of the molecule is OC[C@H]1O[C@H](Oc2cc([C@H]3Oc4cc(O)cc(O)c4C[C@@H]3O)ccc2O)[C@H](O)[C@@H](O)[C@@H]1O. The van der Waals surface area contributed by atoms with Crippen molar-refractivity contribution in [2.24, 2.45) is 0 Å². The molecule has 2 aromatic carbocycles. The van der Waals surface area contributed by atoms with Crippen LogP contribution >= 0.6 is 0 Å². The molecule has 1 fully saturated rings. The van der Waals surface area contributed by atoms with Gasteiger partial charge in [-0.15, -0.1) is 0 Å². The molecule has 0 aliphatic carbocycles. The van der Waals surface area contributed by atoms with E-state index in [2.05, 4.69) is 0 Å². The Hall–Kier alpha value is -2.80. The lowest BCUT2D eigenvalue weighted by Crippen LogP contribution is -2.60. The van der Waals surface area contributed by atoms with Crippen molar-refractivity contribution < 1.29 is 55.1 Å². The fraction of sp³-hybridized carbons (Fsp3) is 0.429. The normalized spacial score (nSPS) is 32.1. The van der Waals surface area contributed by atoms with E-state index in [0.717, 1.165) is 6.07 Å². The lowest BCUT2D eigenvalue weighted by atomic mass is 9.94. The van der Waals surface area contributed by atoms with Gasteiger partial charge in [0.25, 0.3) is 0 Å². The summed E-state index contributed by atoms with van der Waals surface area (Å²) in [5.74, 6) is -0.759. The Kier molecular flexibility index (Phi) is 6.03. The van der Waals surface area contributed by atoms with E-state index in [4.69, 9.17) is 14.2 Å². The van der Waals surface area contributed by atoms with Crippen LogP contribution in [0.1, 0.15) is 17.2 Å². The standard InChI is InChI=1S/C21H24O11/c22-7-16-17(27)18(28)19(29)21(32-16)31-15-3-8(1-2-11(15)24)20-13(26)6-10-12(25)4-9(23)5-14(10)30-20/h1-5,13,16-29H,6-7H2/t13-,16+,17+,18-,19+,20+,21-/m0/s1. The lowest BCUT2D eigenvalue weighted by Gasteiger charge is -2.39. The molecule has 0 radical (unpaired) electrons. The molecule has 4 rings (SSSR count). The van der Waals surface area contributed by atoms with Gasteiger partial charge in [-0.05, 0) is 17.7 Å². The predicted octanol–water partition coefficient (Wildman–Crippen LogP) is -0.981. The molecule has 174 valence electrons. The van der Waals surface area contributed by atoms with Gasteiger partial charge in [0.15, 0.2) is 11.5 Å². The lowest BCUT2D eigenvalue weighted by molar-refractivity contribution is -0.277. The monoisotopic (exact) mass is 452 g/mol. The minimum Gasteiger partial charge on any atom is -0.508 e. The molecule has 2 aromatic rings.